The molecule has 0 bridgehead atoms. The van der Waals surface area contributed by atoms with E-state index < -0.39 is 6.09 Å². The molecule has 6 heteroatoms. The van der Waals surface area contributed by atoms with Gasteiger partial charge in [-0.05, 0) is 6.07 Å². The van der Waals surface area contributed by atoms with Crippen LogP contribution in [0, 0.1) is 11.3 Å². The maximum atomic E-state index is 10.2. The molecule has 1 aromatic rings. The van der Waals surface area contributed by atoms with Crippen LogP contribution in [0.4, 0.5) is 9.80 Å². The molecule has 0 fully saturated rings. The summed E-state index contributed by atoms with van der Waals surface area (Å²) in [5.74, 6) is 0. The van der Waals surface area contributed by atoms with Gasteiger partial charge in [-0.3, -0.25) is 5.32 Å². The number of carbonyl (C=O) groups is 1. The highest BCUT2D eigenvalue weighted by Crippen LogP contribution is 2.30. The third-order valence-corrected chi connectivity index (χ3v) is 2.22. The maximum absolute atomic E-state index is 10.2. The van der Waals surface area contributed by atoms with Crippen LogP contribution in [0.2, 0.25) is 4.34 Å². The topological polar surface area (TPSA) is 73.1 Å². The molecular formula is C6H3ClN2O2S. The third-order valence-electron chi connectivity index (χ3n) is 1.04. The van der Waals surface area contributed by atoms with Crippen molar-refractivity contribution in [1.82, 2.24) is 0 Å². The van der Waals surface area contributed by atoms with Crippen LogP contribution in [-0.4, -0.2) is 11.2 Å². The maximum Gasteiger partial charge on any atom is 0.409 e. The van der Waals surface area contributed by atoms with E-state index >= 15 is 0 Å². The van der Waals surface area contributed by atoms with E-state index in [1.807, 2.05) is 6.07 Å². The molecule has 0 aliphatic carbocycles. The number of anilines is 1. The molecule has 0 aromatic carbocycles. The number of rotatable bonds is 1. The smallest absolute Gasteiger partial charge is 0.409 e. The first-order chi connectivity index (χ1) is 5.63. The fraction of sp³-hybridized carbons (Fsp3) is 0. The minimum Gasteiger partial charge on any atom is -0.465 e. The van der Waals surface area contributed by atoms with Gasteiger partial charge in [-0.1, -0.05) is 11.6 Å². The van der Waals surface area contributed by atoms with Gasteiger partial charge in [-0.25, -0.2) is 4.79 Å². The van der Waals surface area contributed by atoms with Crippen molar-refractivity contribution in [2.24, 2.45) is 0 Å². The standard InChI is InChI=1S/C6H3ClN2O2S/c7-4-1-3(2-8)5(12-4)9-6(10)11/h1,9H,(H,10,11). The monoisotopic (exact) mass is 202 g/mol. The lowest BCUT2D eigenvalue weighted by Gasteiger charge is -1.93. The van der Waals surface area contributed by atoms with Crippen LogP contribution < -0.4 is 5.32 Å². The minimum atomic E-state index is -1.20. The summed E-state index contributed by atoms with van der Waals surface area (Å²) < 4.78 is 0.385. The third kappa shape index (κ3) is 1.87. The molecule has 0 saturated carbocycles. The zero-order valence-electron chi connectivity index (χ0n) is 5.67. The van der Waals surface area contributed by atoms with E-state index in [9.17, 15) is 4.79 Å². The number of thiophene rings is 1. The van der Waals surface area contributed by atoms with E-state index in [2.05, 4.69) is 5.32 Å². The lowest BCUT2D eigenvalue weighted by molar-refractivity contribution is 0.210. The second-order valence-electron chi connectivity index (χ2n) is 1.84. The number of amides is 1. The first kappa shape index (κ1) is 8.84. The highest BCUT2D eigenvalue weighted by molar-refractivity contribution is 7.20. The normalized spacial score (nSPS) is 9.00. The molecule has 12 heavy (non-hydrogen) atoms. The molecule has 0 radical (unpaired) electrons. The molecule has 62 valence electrons. The van der Waals surface area contributed by atoms with Gasteiger partial charge < -0.3 is 5.11 Å². The van der Waals surface area contributed by atoms with E-state index in [0.29, 0.717) is 4.34 Å². The predicted octanol–water partition coefficient (Wildman–Crippen LogP) is 2.36. The number of nitrogens with zero attached hydrogens (tertiary/aromatic N) is 1. The van der Waals surface area contributed by atoms with Crippen molar-refractivity contribution in [2.45, 2.75) is 0 Å². The van der Waals surface area contributed by atoms with Gasteiger partial charge in [0.25, 0.3) is 0 Å². The molecule has 4 nitrogen and oxygen atoms in total. The van der Waals surface area contributed by atoms with Gasteiger partial charge in [0.05, 0.1) is 9.90 Å². The van der Waals surface area contributed by atoms with E-state index in [1.54, 1.807) is 0 Å². The number of carboxylic acid groups (broad SMARTS) is 1. The average molecular weight is 203 g/mol. The molecule has 0 spiro atoms. The largest absolute Gasteiger partial charge is 0.465 e. The summed E-state index contributed by atoms with van der Waals surface area (Å²) in [7, 11) is 0. The second-order valence-corrected chi connectivity index (χ2v) is 3.52. The summed E-state index contributed by atoms with van der Waals surface area (Å²) >= 11 is 6.58. The Labute approximate surface area is 77.0 Å². The summed E-state index contributed by atoms with van der Waals surface area (Å²) in [5, 5.41) is 19.2. The molecule has 1 heterocycles. The highest BCUT2D eigenvalue weighted by Gasteiger charge is 2.09. The SMILES string of the molecule is N#Cc1cc(Cl)sc1NC(=O)O. The Morgan fingerprint density at radius 3 is 3.00 bits per heavy atom. The molecule has 0 aliphatic heterocycles. The molecule has 0 saturated heterocycles. The van der Waals surface area contributed by atoms with Gasteiger partial charge in [0.15, 0.2) is 0 Å². The number of hydrogen-bond donors (Lipinski definition) is 2. The average Bonchev–Trinajstić information content (AvgIpc) is 2.29. The molecule has 1 rings (SSSR count). The molecule has 2 N–H and O–H groups in total. The number of hydrogen-bond acceptors (Lipinski definition) is 3. The fourth-order valence-corrected chi connectivity index (χ4v) is 1.70. The van der Waals surface area contributed by atoms with E-state index in [1.165, 1.54) is 6.07 Å². The Morgan fingerprint density at radius 2 is 2.50 bits per heavy atom. The van der Waals surface area contributed by atoms with E-state index in [0.717, 1.165) is 11.3 Å². The van der Waals surface area contributed by atoms with E-state index in [-0.39, 0.29) is 10.6 Å². The van der Waals surface area contributed by atoms with Crippen LogP contribution in [0.5, 0.6) is 0 Å². The summed E-state index contributed by atoms with van der Waals surface area (Å²) in [6, 6.07) is 3.24. The highest BCUT2D eigenvalue weighted by atomic mass is 35.5. The van der Waals surface area contributed by atoms with Crippen LogP contribution in [0.15, 0.2) is 6.07 Å². The first-order valence-corrected chi connectivity index (χ1v) is 4.02. The van der Waals surface area contributed by atoms with Crippen molar-refractivity contribution in [2.75, 3.05) is 5.32 Å². The Balaban J connectivity index is 2.99. The first-order valence-electron chi connectivity index (χ1n) is 2.83. The number of nitriles is 1. The van der Waals surface area contributed by atoms with Crippen molar-refractivity contribution < 1.29 is 9.90 Å². The Morgan fingerprint density at radius 1 is 1.83 bits per heavy atom. The van der Waals surface area contributed by atoms with Crippen molar-refractivity contribution in [3.63, 3.8) is 0 Å². The van der Waals surface area contributed by atoms with Gasteiger partial charge in [0.2, 0.25) is 0 Å². The molecular weight excluding hydrogens is 200 g/mol. The van der Waals surface area contributed by atoms with Crippen molar-refractivity contribution in [3.8, 4) is 6.07 Å². The van der Waals surface area contributed by atoms with Crippen LogP contribution in [0.25, 0.3) is 0 Å². The van der Waals surface area contributed by atoms with Crippen LogP contribution in [-0.2, 0) is 0 Å². The minimum absolute atomic E-state index is 0.243. The summed E-state index contributed by atoms with van der Waals surface area (Å²) in [6.45, 7) is 0. The molecule has 0 atom stereocenters. The lowest BCUT2D eigenvalue weighted by Crippen LogP contribution is -2.06. The fourth-order valence-electron chi connectivity index (χ4n) is 0.634. The Hall–Kier alpha value is -1.25. The quantitative estimate of drug-likeness (QED) is 0.734. The van der Waals surface area contributed by atoms with Gasteiger partial charge in [0.1, 0.15) is 11.1 Å². The van der Waals surface area contributed by atoms with Crippen molar-refractivity contribution >= 4 is 34.0 Å². The Kier molecular flexibility index (Phi) is 2.53. The van der Waals surface area contributed by atoms with Crippen LogP contribution >= 0.6 is 22.9 Å². The zero-order chi connectivity index (χ0) is 9.14. The Bertz CT molecular complexity index is 355. The van der Waals surface area contributed by atoms with Gasteiger partial charge >= 0.3 is 6.09 Å². The van der Waals surface area contributed by atoms with Gasteiger partial charge in [-0.15, -0.1) is 11.3 Å². The molecule has 0 unspecified atom stereocenters. The molecule has 1 amide bonds. The van der Waals surface area contributed by atoms with Gasteiger partial charge in [-0.2, -0.15) is 5.26 Å². The molecule has 0 aliphatic rings. The van der Waals surface area contributed by atoms with E-state index in [4.69, 9.17) is 22.0 Å². The summed E-state index contributed by atoms with van der Waals surface area (Å²) in [5.41, 5.74) is 0.243. The summed E-state index contributed by atoms with van der Waals surface area (Å²) in [4.78, 5) is 10.2. The number of nitrogens with one attached hydrogen (secondary N) is 1. The van der Waals surface area contributed by atoms with Crippen LogP contribution in [0.3, 0.4) is 0 Å². The van der Waals surface area contributed by atoms with Crippen molar-refractivity contribution in [3.05, 3.63) is 16.0 Å². The van der Waals surface area contributed by atoms with Crippen molar-refractivity contribution in [1.29, 1.82) is 5.26 Å². The predicted molar refractivity (Wildman–Crippen MR) is 45.7 cm³/mol. The lowest BCUT2D eigenvalue weighted by atomic mass is 10.3. The second kappa shape index (κ2) is 3.43. The summed E-state index contributed by atoms with van der Waals surface area (Å²) in [6.07, 6.45) is -1.20. The molecule has 1 aromatic heterocycles. The zero-order valence-corrected chi connectivity index (χ0v) is 7.24. The van der Waals surface area contributed by atoms with Crippen LogP contribution in [0.1, 0.15) is 5.56 Å². The van der Waals surface area contributed by atoms with Gasteiger partial charge in [0, 0.05) is 0 Å². The number of halogens is 1.